The Balaban J connectivity index is 1.61. The summed E-state index contributed by atoms with van der Waals surface area (Å²) in [5.41, 5.74) is 1.13. The number of nitrogens with one attached hydrogen (secondary N) is 2. The van der Waals surface area contributed by atoms with Crippen molar-refractivity contribution in [1.29, 1.82) is 0 Å². The molecule has 9 heteroatoms. The molecule has 2 N–H and O–H groups in total. The molecule has 2 amide bonds. The van der Waals surface area contributed by atoms with Crippen molar-refractivity contribution in [2.75, 3.05) is 18.4 Å². The largest absolute Gasteiger partial charge is 0.459 e. The molecule has 29 heavy (non-hydrogen) atoms. The van der Waals surface area contributed by atoms with Gasteiger partial charge >= 0.3 is 0 Å². The molecule has 1 atom stereocenters. The SMILES string of the molecule is C=CCNS(=O)(=O)Cc1ccc(NC(=O)C2CCCN2C(=O)c2ccco2)cc1. The monoisotopic (exact) mass is 417 g/mol. The van der Waals surface area contributed by atoms with Gasteiger partial charge in [0.05, 0.1) is 12.0 Å². The van der Waals surface area contributed by atoms with Crippen LogP contribution in [0, 0.1) is 0 Å². The highest BCUT2D eigenvalue weighted by molar-refractivity contribution is 7.88. The quantitative estimate of drug-likeness (QED) is 0.640. The minimum atomic E-state index is -3.45. The summed E-state index contributed by atoms with van der Waals surface area (Å²) in [5.74, 6) is -0.542. The maximum absolute atomic E-state index is 12.7. The van der Waals surface area contributed by atoms with Crippen molar-refractivity contribution in [3.63, 3.8) is 0 Å². The number of hydrogen-bond acceptors (Lipinski definition) is 5. The zero-order chi connectivity index (χ0) is 20.9. The van der Waals surface area contributed by atoms with Gasteiger partial charge in [-0.3, -0.25) is 9.59 Å². The van der Waals surface area contributed by atoms with Gasteiger partial charge in [0.2, 0.25) is 15.9 Å². The summed E-state index contributed by atoms with van der Waals surface area (Å²) in [4.78, 5) is 26.7. The minimum Gasteiger partial charge on any atom is -0.459 e. The van der Waals surface area contributed by atoms with Crippen LogP contribution in [0.15, 0.2) is 59.7 Å². The first kappa shape index (κ1) is 20.8. The molecule has 0 bridgehead atoms. The summed E-state index contributed by atoms with van der Waals surface area (Å²) >= 11 is 0. The third-order valence-corrected chi connectivity index (χ3v) is 5.89. The Morgan fingerprint density at radius 1 is 1.24 bits per heavy atom. The summed E-state index contributed by atoms with van der Waals surface area (Å²) < 4.78 is 31.4. The number of amides is 2. The first-order valence-corrected chi connectivity index (χ1v) is 10.9. The molecule has 0 aliphatic carbocycles. The van der Waals surface area contributed by atoms with Crippen LogP contribution in [0.5, 0.6) is 0 Å². The van der Waals surface area contributed by atoms with Crippen LogP contribution in [-0.4, -0.2) is 44.3 Å². The number of benzene rings is 1. The summed E-state index contributed by atoms with van der Waals surface area (Å²) in [5, 5.41) is 2.80. The summed E-state index contributed by atoms with van der Waals surface area (Å²) in [6.07, 6.45) is 4.20. The molecular formula is C20H23N3O5S. The molecule has 1 aromatic heterocycles. The molecule has 1 fully saturated rings. The predicted molar refractivity (Wildman–Crippen MR) is 109 cm³/mol. The Labute approximate surface area is 169 Å². The standard InChI is InChI=1S/C20H23N3O5S/c1-2-11-21-29(26,27)14-15-7-9-16(10-8-15)22-19(24)17-5-3-12-23(17)20(25)18-6-4-13-28-18/h2,4,6-10,13,17,21H,1,3,5,11-12,14H2,(H,22,24). The molecule has 3 rings (SSSR count). The van der Waals surface area contributed by atoms with Crippen LogP contribution in [-0.2, 0) is 20.6 Å². The van der Waals surface area contributed by atoms with E-state index in [1.807, 2.05) is 0 Å². The molecule has 154 valence electrons. The lowest BCUT2D eigenvalue weighted by atomic mass is 10.2. The number of likely N-dealkylation sites (tertiary alicyclic amines) is 1. The molecule has 1 aromatic carbocycles. The van der Waals surface area contributed by atoms with Gasteiger partial charge in [-0.05, 0) is 42.7 Å². The fourth-order valence-electron chi connectivity index (χ4n) is 3.19. The van der Waals surface area contributed by atoms with Crippen LogP contribution < -0.4 is 10.0 Å². The molecule has 2 heterocycles. The summed E-state index contributed by atoms with van der Waals surface area (Å²) in [6, 6.07) is 9.20. The van der Waals surface area contributed by atoms with E-state index < -0.39 is 16.1 Å². The van der Waals surface area contributed by atoms with E-state index in [4.69, 9.17) is 4.42 Å². The molecule has 0 radical (unpaired) electrons. The fraction of sp³-hybridized carbons (Fsp3) is 0.300. The van der Waals surface area contributed by atoms with Gasteiger partial charge in [0.15, 0.2) is 5.76 Å². The molecule has 1 aliphatic rings. The molecule has 1 saturated heterocycles. The number of rotatable bonds is 8. The van der Waals surface area contributed by atoms with Gasteiger partial charge < -0.3 is 14.6 Å². The average molecular weight is 417 g/mol. The molecule has 8 nitrogen and oxygen atoms in total. The Morgan fingerprint density at radius 3 is 2.66 bits per heavy atom. The fourth-order valence-corrected chi connectivity index (χ4v) is 4.30. The summed E-state index contributed by atoms with van der Waals surface area (Å²) in [7, 11) is -3.45. The van der Waals surface area contributed by atoms with E-state index in [1.165, 1.54) is 17.2 Å². The first-order chi connectivity index (χ1) is 13.9. The normalized spacial score (nSPS) is 16.6. The van der Waals surface area contributed by atoms with Crippen molar-refractivity contribution in [3.8, 4) is 0 Å². The highest BCUT2D eigenvalue weighted by Gasteiger charge is 2.35. The number of hydrogen-bond donors (Lipinski definition) is 2. The van der Waals surface area contributed by atoms with Crippen LogP contribution in [0.2, 0.25) is 0 Å². The van der Waals surface area contributed by atoms with E-state index in [1.54, 1.807) is 36.4 Å². The maximum atomic E-state index is 12.7. The second-order valence-corrected chi connectivity index (χ2v) is 8.52. The van der Waals surface area contributed by atoms with Crippen molar-refractivity contribution in [1.82, 2.24) is 9.62 Å². The Morgan fingerprint density at radius 2 is 2.00 bits per heavy atom. The first-order valence-electron chi connectivity index (χ1n) is 9.22. The third-order valence-electron chi connectivity index (χ3n) is 4.57. The van der Waals surface area contributed by atoms with Crippen molar-refractivity contribution in [2.45, 2.75) is 24.6 Å². The second-order valence-electron chi connectivity index (χ2n) is 6.72. The van der Waals surface area contributed by atoms with E-state index in [0.29, 0.717) is 24.2 Å². The Hall–Kier alpha value is -2.91. The van der Waals surface area contributed by atoms with Crippen molar-refractivity contribution < 1.29 is 22.4 Å². The van der Waals surface area contributed by atoms with Crippen molar-refractivity contribution in [2.24, 2.45) is 0 Å². The highest BCUT2D eigenvalue weighted by Crippen LogP contribution is 2.22. The lowest BCUT2D eigenvalue weighted by molar-refractivity contribution is -0.119. The van der Waals surface area contributed by atoms with Gasteiger partial charge in [-0.2, -0.15) is 0 Å². The predicted octanol–water partition coefficient (Wildman–Crippen LogP) is 2.13. The van der Waals surface area contributed by atoms with E-state index in [9.17, 15) is 18.0 Å². The minimum absolute atomic E-state index is 0.164. The van der Waals surface area contributed by atoms with Gasteiger partial charge in [-0.25, -0.2) is 13.1 Å². The molecule has 0 spiro atoms. The van der Waals surface area contributed by atoms with E-state index in [0.717, 1.165) is 6.42 Å². The van der Waals surface area contributed by atoms with E-state index in [-0.39, 0.29) is 29.9 Å². The van der Waals surface area contributed by atoms with Crippen LogP contribution >= 0.6 is 0 Å². The lowest BCUT2D eigenvalue weighted by Gasteiger charge is -2.23. The average Bonchev–Trinajstić information content (AvgIpc) is 3.39. The van der Waals surface area contributed by atoms with Crippen LogP contribution in [0.25, 0.3) is 0 Å². The van der Waals surface area contributed by atoms with Gasteiger partial charge in [0.1, 0.15) is 6.04 Å². The Kier molecular flexibility index (Phi) is 6.50. The number of sulfonamides is 1. The number of carbonyl (C=O) groups is 2. The van der Waals surface area contributed by atoms with Crippen LogP contribution in [0.3, 0.4) is 0 Å². The molecule has 1 unspecified atom stereocenters. The maximum Gasteiger partial charge on any atom is 0.290 e. The van der Waals surface area contributed by atoms with Gasteiger partial charge in [-0.15, -0.1) is 6.58 Å². The lowest BCUT2D eigenvalue weighted by Crippen LogP contribution is -2.43. The second kappa shape index (κ2) is 9.06. The van der Waals surface area contributed by atoms with Gasteiger partial charge in [0.25, 0.3) is 5.91 Å². The van der Waals surface area contributed by atoms with Gasteiger partial charge in [-0.1, -0.05) is 18.2 Å². The van der Waals surface area contributed by atoms with Crippen molar-refractivity contribution in [3.05, 3.63) is 66.6 Å². The smallest absolute Gasteiger partial charge is 0.290 e. The number of furan rings is 1. The summed E-state index contributed by atoms with van der Waals surface area (Å²) in [6.45, 7) is 4.14. The molecular weight excluding hydrogens is 394 g/mol. The van der Waals surface area contributed by atoms with Crippen LogP contribution in [0.4, 0.5) is 5.69 Å². The van der Waals surface area contributed by atoms with E-state index >= 15 is 0 Å². The van der Waals surface area contributed by atoms with Crippen LogP contribution in [0.1, 0.15) is 29.0 Å². The zero-order valence-corrected chi connectivity index (χ0v) is 16.7. The molecule has 0 saturated carbocycles. The Bertz CT molecular complexity index is 968. The van der Waals surface area contributed by atoms with E-state index in [2.05, 4.69) is 16.6 Å². The van der Waals surface area contributed by atoms with Gasteiger partial charge in [0, 0.05) is 18.8 Å². The third kappa shape index (κ3) is 5.33. The highest BCUT2D eigenvalue weighted by atomic mass is 32.2. The number of nitrogens with zero attached hydrogens (tertiary/aromatic N) is 1. The number of anilines is 1. The zero-order valence-electron chi connectivity index (χ0n) is 15.8. The molecule has 2 aromatic rings. The molecule has 1 aliphatic heterocycles. The topological polar surface area (TPSA) is 109 Å². The van der Waals surface area contributed by atoms with Crippen molar-refractivity contribution >= 4 is 27.5 Å². The number of carbonyl (C=O) groups excluding carboxylic acids is 2.